The third kappa shape index (κ3) is 8.26. The Kier molecular flexibility index (Phi) is 8.80. The zero-order chi connectivity index (χ0) is 13.5. The molecule has 2 unspecified atom stereocenters. The fraction of sp³-hybridized carbons (Fsp3) is 0.727. The molecule has 0 saturated carbocycles. The van der Waals surface area contributed by atoms with Gasteiger partial charge in [-0.05, 0) is 34.6 Å². The van der Waals surface area contributed by atoms with Gasteiger partial charge in [-0.25, -0.2) is 0 Å². The van der Waals surface area contributed by atoms with E-state index in [1.54, 1.807) is 0 Å². The third-order valence-corrected chi connectivity index (χ3v) is 2.05. The zero-order valence-corrected chi connectivity index (χ0v) is 10.6. The van der Waals surface area contributed by atoms with Gasteiger partial charge in [-0.2, -0.15) is 0 Å². The quantitative estimate of drug-likeness (QED) is 0.664. The Labute approximate surface area is 96.6 Å². The monoisotopic (exact) mass is 230 g/mol. The van der Waals surface area contributed by atoms with E-state index in [9.17, 15) is 14.4 Å². The first-order valence-corrected chi connectivity index (χ1v) is 5.13. The van der Waals surface area contributed by atoms with E-state index >= 15 is 0 Å². The summed E-state index contributed by atoms with van der Waals surface area (Å²) in [5, 5.41) is 0. The highest BCUT2D eigenvalue weighted by atomic mass is 16.2. The Balaban J connectivity index is 0. The molecular weight excluding hydrogens is 208 g/mol. The lowest BCUT2D eigenvalue weighted by molar-refractivity contribution is -0.137. The average molecular weight is 230 g/mol. The molecule has 94 valence electrons. The molecule has 0 saturated heterocycles. The standard InChI is InChI=1S/C7H10O3.C4H12N2/c1-4(8)7(5(2)9)6(3)10;1-3(5)4(2)6/h7H,1-3H3;3-4H,5-6H2,1-2H3. The van der Waals surface area contributed by atoms with Gasteiger partial charge in [0, 0.05) is 12.1 Å². The Morgan fingerprint density at radius 2 is 0.938 bits per heavy atom. The number of ketones is 3. The first-order chi connectivity index (χ1) is 7.11. The second-order valence-corrected chi connectivity index (χ2v) is 3.98. The molecule has 5 heteroatoms. The topological polar surface area (TPSA) is 103 Å². The van der Waals surface area contributed by atoms with E-state index in [1.807, 2.05) is 13.8 Å². The molecule has 0 fully saturated rings. The van der Waals surface area contributed by atoms with Crippen LogP contribution in [0.2, 0.25) is 0 Å². The van der Waals surface area contributed by atoms with E-state index in [0.29, 0.717) is 0 Å². The van der Waals surface area contributed by atoms with Crippen LogP contribution in [0.3, 0.4) is 0 Å². The number of carbonyl (C=O) groups is 3. The molecule has 0 aromatic carbocycles. The van der Waals surface area contributed by atoms with E-state index in [4.69, 9.17) is 11.5 Å². The molecule has 0 bridgehead atoms. The van der Waals surface area contributed by atoms with Gasteiger partial charge in [0.05, 0.1) is 0 Å². The molecule has 2 atom stereocenters. The van der Waals surface area contributed by atoms with Gasteiger partial charge in [-0.3, -0.25) is 14.4 Å². The van der Waals surface area contributed by atoms with Crippen molar-refractivity contribution in [3.05, 3.63) is 0 Å². The van der Waals surface area contributed by atoms with Gasteiger partial charge in [0.25, 0.3) is 0 Å². The minimum absolute atomic E-state index is 0.130. The van der Waals surface area contributed by atoms with Crippen LogP contribution >= 0.6 is 0 Å². The van der Waals surface area contributed by atoms with Crippen LogP contribution in [0.15, 0.2) is 0 Å². The van der Waals surface area contributed by atoms with Crippen LogP contribution in [-0.2, 0) is 14.4 Å². The summed E-state index contributed by atoms with van der Waals surface area (Å²) in [6.07, 6.45) is 0. The molecule has 0 aromatic heterocycles. The molecule has 0 amide bonds. The predicted octanol–water partition coefficient (Wildman–Crippen LogP) is 0.0504. The summed E-state index contributed by atoms with van der Waals surface area (Å²) in [4.78, 5) is 31.8. The number of nitrogens with two attached hydrogens (primary N) is 2. The molecule has 0 aliphatic rings. The van der Waals surface area contributed by atoms with Crippen LogP contribution in [0.1, 0.15) is 34.6 Å². The van der Waals surface area contributed by atoms with E-state index in [0.717, 1.165) is 0 Å². The molecule has 0 aliphatic heterocycles. The highest BCUT2D eigenvalue weighted by Crippen LogP contribution is 2.00. The van der Waals surface area contributed by atoms with Crippen molar-refractivity contribution < 1.29 is 14.4 Å². The first kappa shape index (κ1) is 17.3. The minimum Gasteiger partial charge on any atom is -0.327 e. The summed E-state index contributed by atoms with van der Waals surface area (Å²) < 4.78 is 0. The normalized spacial score (nSPS) is 13.5. The average Bonchev–Trinajstić information content (AvgIpc) is 2.01. The highest BCUT2D eigenvalue weighted by Gasteiger charge is 2.23. The van der Waals surface area contributed by atoms with Crippen LogP contribution in [0, 0.1) is 5.92 Å². The Morgan fingerprint density at radius 1 is 0.750 bits per heavy atom. The van der Waals surface area contributed by atoms with Crippen molar-refractivity contribution in [3.63, 3.8) is 0 Å². The summed E-state index contributed by atoms with van der Waals surface area (Å²) in [6, 6.07) is 0.259. The van der Waals surface area contributed by atoms with E-state index in [1.165, 1.54) is 20.8 Å². The molecule has 0 rings (SSSR count). The maximum atomic E-state index is 10.6. The smallest absolute Gasteiger partial charge is 0.147 e. The second kappa shape index (κ2) is 8.13. The van der Waals surface area contributed by atoms with Crippen molar-refractivity contribution in [2.75, 3.05) is 0 Å². The van der Waals surface area contributed by atoms with Crippen molar-refractivity contribution in [2.24, 2.45) is 17.4 Å². The third-order valence-electron chi connectivity index (χ3n) is 2.05. The number of carbonyl (C=O) groups excluding carboxylic acids is 3. The molecule has 0 spiro atoms. The zero-order valence-electron chi connectivity index (χ0n) is 10.6. The van der Waals surface area contributed by atoms with Gasteiger partial charge < -0.3 is 11.5 Å². The fourth-order valence-electron chi connectivity index (χ4n) is 0.859. The van der Waals surface area contributed by atoms with E-state index < -0.39 is 5.92 Å². The van der Waals surface area contributed by atoms with Crippen molar-refractivity contribution in [2.45, 2.75) is 46.7 Å². The van der Waals surface area contributed by atoms with E-state index in [2.05, 4.69) is 0 Å². The van der Waals surface area contributed by atoms with Crippen LogP contribution in [0.25, 0.3) is 0 Å². The summed E-state index contributed by atoms with van der Waals surface area (Å²) in [5.41, 5.74) is 10.6. The maximum absolute atomic E-state index is 10.6. The Bertz CT molecular complexity index is 221. The molecule has 5 nitrogen and oxygen atoms in total. The SMILES string of the molecule is CC(=O)C(C(C)=O)C(C)=O.CC(N)C(C)N. The summed E-state index contributed by atoms with van der Waals surface area (Å²) in [5.74, 6) is -2.15. The van der Waals surface area contributed by atoms with Crippen LogP contribution < -0.4 is 11.5 Å². The van der Waals surface area contributed by atoms with Crippen molar-refractivity contribution in [3.8, 4) is 0 Å². The summed E-state index contributed by atoms with van der Waals surface area (Å²) >= 11 is 0. The summed E-state index contributed by atoms with van der Waals surface area (Å²) in [7, 11) is 0. The maximum Gasteiger partial charge on any atom is 0.147 e. The molecule has 0 heterocycles. The molecular formula is C11H22N2O3. The van der Waals surface area contributed by atoms with Crippen molar-refractivity contribution >= 4 is 17.3 Å². The number of hydrogen-bond donors (Lipinski definition) is 2. The van der Waals surface area contributed by atoms with Crippen LogP contribution in [0.4, 0.5) is 0 Å². The van der Waals surface area contributed by atoms with Gasteiger partial charge in [-0.1, -0.05) is 0 Å². The molecule has 16 heavy (non-hydrogen) atoms. The Morgan fingerprint density at radius 3 is 0.938 bits per heavy atom. The predicted molar refractivity (Wildman–Crippen MR) is 62.8 cm³/mol. The number of rotatable bonds is 4. The molecule has 0 radical (unpaired) electrons. The lowest BCUT2D eigenvalue weighted by Gasteiger charge is -2.06. The second-order valence-electron chi connectivity index (χ2n) is 3.98. The summed E-state index contributed by atoms with van der Waals surface area (Å²) in [6.45, 7) is 7.52. The van der Waals surface area contributed by atoms with Gasteiger partial charge in [0.2, 0.25) is 0 Å². The highest BCUT2D eigenvalue weighted by molar-refractivity contribution is 6.17. The largest absolute Gasteiger partial charge is 0.327 e. The van der Waals surface area contributed by atoms with Gasteiger partial charge in [0.15, 0.2) is 0 Å². The molecule has 0 aromatic rings. The first-order valence-electron chi connectivity index (χ1n) is 5.13. The lowest BCUT2D eigenvalue weighted by Crippen LogP contribution is -2.35. The Hall–Kier alpha value is -1.07. The van der Waals surface area contributed by atoms with Gasteiger partial charge in [-0.15, -0.1) is 0 Å². The molecule has 0 aliphatic carbocycles. The number of hydrogen-bond acceptors (Lipinski definition) is 5. The van der Waals surface area contributed by atoms with Gasteiger partial charge >= 0.3 is 0 Å². The van der Waals surface area contributed by atoms with Crippen molar-refractivity contribution in [1.29, 1.82) is 0 Å². The lowest BCUT2D eigenvalue weighted by atomic mass is 9.97. The van der Waals surface area contributed by atoms with E-state index in [-0.39, 0.29) is 29.4 Å². The van der Waals surface area contributed by atoms with Crippen LogP contribution in [-0.4, -0.2) is 29.4 Å². The van der Waals surface area contributed by atoms with Crippen LogP contribution in [0.5, 0.6) is 0 Å². The number of Topliss-reactive ketones (excluding diaryl/α,β-unsaturated/α-hetero) is 3. The molecule has 4 N–H and O–H groups in total. The van der Waals surface area contributed by atoms with Gasteiger partial charge in [0.1, 0.15) is 23.3 Å². The fourth-order valence-corrected chi connectivity index (χ4v) is 0.859. The van der Waals surface area contributed by atoms with Crippen molar-refractivity contribution in [1.82, 2.24) is 0 Å². The minimum atomic E-state index is -1.03.